The number of aliphatic hydroxyl groups is 1. The molecule has 0 saturated carbocycles. The number of aliphatic hydroxyl groups excluding tert-OH is 1. The Morgan fingerprint density at radius 1 is 1.20 bits per heavy atom. The van der Waals surface area contributed by atoms with Crippen LogP contribution in [0.5, 0.6) is 0 Å². The average molecular weight is 297 g/mol. The fraction of sp³-hybridized carbons (Fsp3) is 0.600. The third-order valence-electron chi connectivity index (χ3n) is 3.85. The van der Waals surface area contributed by atoms with Gasteiger partial charge in [0.25, 0.3) is 0 Å². The Bertz CT molecular complexity index is 579. The van der Waals surface area contributed by atoms with Gasteiger partial charge in [-0.25, -0.2) is 8.42 Å². The van der Waals surface area contributed by atoms with Gasteiger partial charge in [0.1, 0.15) is 0 Å². The summed E-state index contributed by atoms with van der Waals surface area (Å²) >= 11 is 0. The average Bonchev–Trinajstić information content (AvgIpc) is 2.69. The second-order valence-electron chi connectivity index (χ2n) is 6.61. The lowest BCUT2D eigenvalue weighted by Gasteiger charge is -2.25. The van der Waals surface area contributed by atoms with Crippen molar-refractivity contribution in [2.45, 2.75) is 44.1 Å². The molecule has 2 rings (SSSR count). The molecule has 112 valence electrons. The van der Waals surface area contributed by atoms with Gasteiger partial charge in [0.05, 0.1) is 11.0 Å². The van der Waals surface area contributed by atoms with Gasteiger partial charge in [0, 0.05) is 13.1 Å². The minimum Gasteiger partial charge on any atom is -0.391 e. The summed E-state index contributed by atoms with van der Waals surface area (Å²) in [4.78, 5) is 0.355. The summed E-state index contributed by atoms with van der Waals surface area (Å²) < 4.78 is 27.0. The van der Waals surface area contributed by atoms with E-state index < -0.39 is 16.1 Å². The lowest BCUT2D eigenvalue weighted by atomic mass is 9.87. The van der Waals surface area contributed by atoms with E-state index in [4.69, 9.17) is 0 Å². The second kappa shape index (κ2) is 5.13. The fourth-order valence-electron chi connectivity index (χ4n) is 2.55. The topological polar surface area (TPSA) is 57.6 Å². The Balaban J connectivity index is 2.46. The molecule has 1 fully saturated rings. The molecule has 4 nitrogen and oxygen atoms in total. The Kier molecular flexibility index (Phi) is 3.97. The molecule has 1 aromatic rings. The van der Waals surface area contributed by atoms with Crippen molar-refractivity contribution in [2.75, 3.05) is 13.1 Å². The minimum atomic E-state index is -3.54. The summed E-state index contributed by atoms with van der Waals surface area (Å²) in [5, 5.41) is 9.80. The molecular weight excluding hydrogens is 274 g/mol. The van der Waals surface area contributed by atoms with Gasteiger partial charge in [-0.15, -0.1) is 0 Å². The molecule has 20 heavy (non-hydrogen) atoms. The Morgan fingerprint density at radius 3 is 2.30 bits per heavy atom. The number of hydrogen-bond acceptors (Lipinski definition) is 3. The van der Waals surface area contributed by atoms with Gasteiger partial charge in [-0.05, 0) is 23.0 Å². The molecule has 1 heterocycles. The zero-order valence-electron chi connectivity index (χ0n) is 12.5. The van der Waals surface area contributed by atoms with E-state index >= 15 is 0 Å². The Hall–Kier alpha value is -0.910. The van der Waals surface area contributed by atoms with Crippen molar-refractivity contribution in [3.63, 3.8) is 0 Å². The van der Waals surface area contributed by atoms with Crippen molar-refractivity contribution in [2.24, 2.45) is 5.92 Å². The quantitative estimate of drug-likeness (QED) is 0.908. The first kappa shape index (κ1) is 15.5. The van der Waals surface area contributed by atoms with E-state index in [1.165, 1.54) is 4.31 Å². The summed E-state index contributed by atoms with van der Waals surface area (Å²) in [6, 6.07) is 7.13. The van der Waals surface area contributed by atoms with Crippen LogP contribution in [0.4, 0.5) is 0 Å². The van der Waals surface area contributed by atoms with Gasteiger partial charge in [-0.2, -0.15) is 4.31 Å². The highest BCUT2D eigenvalue weighted by molar-refractivity contribution is 7.89. The van der Waals surface area contributed by atoms with Crippen LogP contribution in [-0.2, 0) is 15.4 Å². The summed E-state index contributed by atoms with van der Waals surface area (Å²) in [7, 11) is -3.54. The van der Waals surface area contributed by atoms with E-state index in [-0.39, 0.29) is 17.9 Å². The van der Waals surface area contributed by atoms with Gasteiger partial charge in [0.2, 0.25) is 10.0 Å². The molecule has 0 aromatic heterocycles. The van der Waals surface area contributed by atoms with Crippen LogP contribution < -0.4 is 0 Å². The summed E-state index contributed by atoms with van der Waals surface area (Å²) in [6.07, 6.45) is -0.577. The minimum absolute atomic E-state index is 0.0217. The molecule has 1 aliphatic rings. The van der Waals surface area contributed by atoms with Crippen molar-refractivity contribution in [3.8, 4) is 0 Å². The highest BCUT2D eigenvalue weighted by Gasteiger charge is 2.38. The molecule has 0 amide bonds. The largest absolute Gasteiger partial charge is 0.391 e. The van der Waals surface area contributed by atoms with Crippen molar-refractivity contribution < 1.29 is 13.5 Å². The summed E-state index contributed by atoms with van der Waals surface area (Å²) in [5.74, 6) is -0.0217. The predicted molar refractivity (Wildman–Crippen MR) is 79.1 cm³/mol. The SMILES string of the molecule is CC1CN(S(=O)(=O)c2ccccc2C(C)(C)C)CC1O. The molecule has 1 aromatic carbocycles. The molecule has 1 saturated heterocycles. The second-order valence-corrected chi connectivity index (χ2v) is 8.52. The Labute approximate surface area is 121 Å². The fourth-order valence-corrected chi connectivity index (χ4v) is 4.51. The van der Waals surface area contributed by atoms with Gasteiger partial charge < -0.3 is 5.11 Å². The summed E-state index contributed by atoms with van der Waals surface area (Å²) in [5.41, 5.74) is 0.571. The van der Waals surface area contributed by atoms with E-state index in [2.05, 4.69) is 0 Å². The van der Waals surface area contributed by atoms with E-state index in [9.17, 15) is 13.5 Å². The van der Waals surface area contributed by atoms with E-state index in [1.54, 1.807) is 12.1 Å². The number of rotatable bonds is 2. The van der Waals surface area contributed by atoms with Gasteiger partial charge >= 0.3 is 0 Å². The smallest absolute Gasteiger partial charge is 0.243 e. The number of sulfonamides is 1. The number of β-amino-alcohol motifs (C(OH)–C–C–N with tert-alkyl or cyclic N) is 1. The zero-order chi connectivity index (χ0) is 15.1. The van der Waals surface area contributed by atoms with Crippen LogP contribution in [0.25, 0.3) is 0 Å². The van der Waals surface area contributed by atoms with Crippen molar-refractivity contribution in [1.82, 2.24) is 4.31 Å². The van der Waals surface area contributed by atoms with Crippen LogP contribution in [0.1, 0.15) is 33.3 Å². The van der Waals surface area contributed by atoms with Crippen LogP contribution in [-0.4, -0.2) is 37.0 Å². The van der Waals surface area contributed by atoms with E-state index in [1.807, 2.05) is 39.8 Å². The maximum absolute atomic E-state index is 12.8. The predicted octanol–water partition coefficient (Wildman–Crippen LogP) is 1.99. The van der Waals surface area contributed by atoms with Gasteiger partial charge in [-0.3, -0.25) is 0 Å². The van der Waals surface area contributed by atoms with Gasteiger partial charge in [-0.1, -0.05) is 45.9 Å². The molecule has 1 N–H and O–H groups in total. The lowest BCUT2D eigenvalue weighted by Crippen LogP contribution is -2.31. The van der Waals surface area contributed by atoms with Crippen LogP contribution in [0.3, 0.4) is 0 Å². The maximum Gasteiger partial charge on any atom is 0.243 e. The van der Waals surface area contributed by atoms with E-state index in [0.29, 0.717) is 11.4 Å². The molecule has 5 heteroatoms. The lowest BCUT2D eigenvalue weighted by molar-refractivity contribution is 0.153. The zero-order valence-corrected chi connectivity index (χ0v) is 13.3. The number of nitrogens with zero attached hydrogens (tertiary/aromatic N) is 1. The molecule has 0 radical (unpaired) electrons. The van der Waals surface area contributed by atoms with Crippen LogP contribution in [0.2, 0.25) is 0 Å². The van der Waals surface area contributed by atoms with Crippen LogP contribution in [0.15, 0.2) is 29.2 Å². The molecular formula is C15H23NO3S. The highest BCUT2D eigenvalue weighted by Crippen LogP contribution is 2.32. The first-order valence-corrected chi connectivity index (χ1v) is 8.36. The standard InChI is InChI=1S/C15H23NO3S/c1-11-9-16(10-13(11)17)20(18,19)14-8-6-5-7-12(14)15(2,3)4/h5-8,11,13,17H,9-10H2,1-4H3. The summed E-state index contributed by atoms with van der Waals surface area (Å²) in [6.45, 7) is 8.44. The van der Waals surface area contributed by atoms with Gasteiger partial charge in [0.15, 0.2) is 0 Å². The van der Waals surface area contributed by atoms with Crippen molar-refractivity contribution in [1.29, 1.82) is 0 Å². The van der Waals surface area contributed by atoms with E-state index in [0.717, 1.165) is 5.56 Å². The van der Waals surface area contributed by atoms with Crippen molar-refractivity contribution >= 4 is 10.0 Å². The normalized spacial score (nSPS) is 25.1. The Morgan fingerprint density at radius 2 is 1.80 bits per heavy atom. The molecule has 1 aliphatic heterocycles. The number of benzene rings is 1. The molecule has 0 spiro atoms. The molecule has 2 unspecified atom stereocenters. The highest BCUT2D eigenvalue weighted by atomic mass is 32.2. The molecule has 0 aliphatic carbocycles. The third-order valence-corrected chi connectivity index (χ3v) is 5.74. The maximum atomic E-state index is 12.8. The monoisotopic (exact) mass is 297 g/mol. The molecule has 2 atom stereocenters. The number of hydrogen-bond donors (Lipinski definition) is 1. The van der Waals surface area contributed by atoms with Crippen LogP contribution >= 0.6 is 0 Å². The van der Waals surface area contributed by atoms with Crippen molar-refractivity contribution in [3.05, 3.63) is 29.8 Å². The molecule has 0 bridgehead atoms. The van der Waals surface area contributed by atoms with Crippen LogP contribution in [0, 0.1) is 5.92 Å². The first-order valence-electron chi connectivity index (χ1n) is 6.92. The third kappa shape index (κ3) is 2.75. The first-order chi connectivity index (χ1) is 9.14.